The SMILES string of the molecule is C[C@@]1(O)[C@H](O)[C@@H](CO)N[C@H]1c1cnn2c(N)ccnc12. The van der Waals surface area contributed by atoms with Crippen molar-refractivity contribution in [1.82, 2.24) is 19.9 Å². The zero-order valence-electron chi connectivity index (χ0n) is 10.9. The first-order valence-electron chi connectivity index (χ1n) is 6.32. The Hall–Kier alpha value is -1.74. The standard InChI is InChI=1S/C12H17N5O3/c1-12(20)9(16-7(5-18)10(12)19)6-4-15-17-8(13)2-3-14-11(6)17/h2-4,7,9-10,16,18-20H,5,13H2,1H3/t7-,9+,10-,12+/m1/s1. The molecule has 3 heterocycles. The number of nitrogens with one attached hydrogen (secondary N) is 1. The molecule has 0 bridgehead atoms. The topological polar surface area (TPSA) is 129 Å². The highest BCUT2D eigenvalue weighted by Crippen LogP contribution is 2.37. The zero-order valence-corrected chi connectivity index (χ0v) is 10.9. The molecular formula is C12H17N5O3. The second-order valence-electron chi connectivity index (χ2n) is 5.26. The van der Waals surface area contributed by atoms with E-state index in [0.717, 1.165) is 0 Å². The van der Waals surface area contributed by atoms with Crippen LogP contribution in [0.2, 0.25) is 0 Å². The molecule has 20 heavy (non-hydrogen) atoms. The second-order valence-corrected chi connectivity index (χ2v) is 5.26. The molecule has 0 amide bonds. The quantitative estimate of drug-likeness (QED) is 0.449. The van der Waals surface area contributed by atoms with Crippen LogP contribution >= 0.6 is 0 Å². The number of hydrogen-bond acceptors (Lipinski definition) is 7. The Bertz CT molecular complexity index is 641. The Kier molecular flexibility index (Phi) is 2.91. The van der Waals surface area contributed by atoms with Gasteiger partial charge in [0.25, 0.3) is 0 Å². The summed E-state index contributed by atoms with van der Waals surface area (Å²) in [4.78, 5) is 4.21. The number of nitrogens with zero attached hydrogens (tertiary/aromatic N) is 3. The minimum absolute atomic E-state index is 0.275. The molecule has 0 radical (unpaired) electrons. The summed E-state index contributed by atoms with van der Waals surface area (Å²) in [6.07, 6.45) is 2.02. The average molecular weight is 279 g/mol. The van der Waals surface area contributed by atoms with Crippen molar-refractivity contribution < 1.29 is 15.3 Å². The number of aromatic nitrogens is 3. The van der Waals surface area contributed by atoms with Gasteiger partial charge in [-0.05, 0) is 13.0 Å². The lowest BCUT2D eigenvalue weighted by atomic mass is 9.89. The highest BCUT2D eigenvalue weighted by Gasteiger charge is 2.51. The summed E-state index contributed by atoms with van der Waals surface area (Å²) in [5.74, 6) is 0.429. The van der Waals surface area contributed by atoms with E-state index in [0.29, 0.717) is 17.0 Å². The van der Waals surface area contributed by atoms with Crippen LogP contribution in [0.25, 0.3) is 5.65 Å². The number of fused-ring (bicyclic) bond motifs is 1. The van der Waals surface area contributed by atoms with E-state index in [9.17, 15) is 15.3 Å². The van der Waals surface area contributed by atoms with Crippen LogP contribution in [0, 0.1) is 0 Å². The van der Waals surface area contributed by atoms with Gasteiger partial charge >= 0.3 is 0 Å². The number of anilines is 1. The van der Waals surface area contributed by atoms with E-state index < -0.39 is 23.8 Å². The number of rotatable bonds is 2. The normalized spacial score (nSPS) is 33.9. The Morgan fingerprint density at radius 3 is 2.95 bits per heavy atom. The van der Waals surface area contributed by atoms with Crippen molar-refractivity contribution in [3.8, 4) is 0 Å². The molecular weight excluding hydrogens is 262 g/mol. The van der Waals surface area contributed by atoms with Crippen LogP contribution in [0.4, 0.5) is 5.82 Å². The lowest BCUT2D eigenvalue weighted by Crippen LogP contribution is -2.43. The van der Waals surface area contributed by atoms with Crippen molar-refractivity contribution in [1.29, 1.82) is 0 Å². The second kappa shape index (κ2) is 4.38. The third-order valence-electron chi connectivity index (χ3n) is 3.91. The Labute approximate surface area is 114 Å². The molecule has 2 aromatic heterocycles. The van der Waals surface area contributed by atoms with Crippen LogP contribution in [0.3, 0.4) is 0 Å². The Morgan fingerprint density at radius 2 is 2.30 bits per heavy atom. The molecule has 1 fully saturated rings. The van der Waals surface area contributed by atoms with Crippen LogP contribution in [0.15, 0.2) is 18.5 Å². The summed E-state index contributed by atoms with van der Waals surface area (Å²) in [6, 6.07) is 0.419. The fourth-order valence-electron chi connectivity index (χ4n) is 2.74. The van der Waals surface area contributed by atoms with E-state index in [1.54, 1.807) is 18.5 Å². The monoisotopic (exact) mass is 279 g/mol. The largest absolute Gasteiger partial charge is 0.395 e. The molecule has 8 heteroatoms. The predicted octanol–water partition coefficient (Wildman–Crippen LogP) is -1.57. The van der Waals surface area contributed by atoms with E-state index >= 15 is 0 Å². The van der Waals surface area contributed by atoms with Gasteiger partial charge in [0.1, 0.15) is 17.5 Å². The van der Waals surface area contributed by atoms with Gasteiger partial charge in [-0.15, -0.1) is 0 Å². The minimum Gasteiger partial charge on any atom is -0.395 e. The molecule has 0 aromatic carbocycles. The third-order valence-corrected chi connectivity index (χ3v) is 3.91. The van der Waals surface area contributed by atoms with Gasteiger partial charge in [0.05, 0.1) is 24.9 Å². The highest BCUT2D eigenvalue weighted by molar-refractivity contribution is 5.53. The van der Waals surface area contributed by atoms with Gasteiger partial charge in [-0.2, -0.15) is 9.61 Å². The predicted molar refractivity (Wildman–Crippen MR) is 70.8 cm³/mol. The molecule has 0 spiro atoms. The first kappa shape index (κ1) is 13.3. The number of aliphatic hydroxyl groups excluding tert-OH is 2. The van der Waals surface area contributed by atoms with Crippen molar-refractivity contribution in [2.45, 2.75) is 30.7 Å². The molecule has 3 rings (SSSR count). The first-order valence-corrected chi connectivity index (χ1v) is 6.32. The summed E-state index contributed by atoms with van der Waals surface area (Å²) >= 11 is 0. The first-order chi connectivity index (χ1) is 9.46. The molecule has 0 unspecified atom stereocenters. The van der Waals surface area contributed by atoms with Crippen LogP contribution in [-0.4, -0.2) is 54.3 Å². The minimum atomic E-state index is -1.44. The number of hydrogen-bond donors (Lipinski definition) is 5. The Morgan fingerprint density at radius 1 is 1.55 bits per heavy atom. The molecule has 108 valence electrons. The summed E-state index contributed by atoms with van der Waals surface area (Å²) in [6.45, 7) is 1.24. The van der Waals surface area contributed by atoms with Gasteiger partial charge in [-0.1, -0.05) is 0 Å². The van der Waals surface area contributed by atoms with Gasteiger partial charge in [0.15, 0.2) is 5.65 Å². The van der Waals surface area contributed by atoms with Gasteiger partial charge in [0.2, 0.25) is 0 Å². The van der Waals surface area contributed by atoms with Gasteiger partial charge in [0, 0.05) is 11.8 Å². The van der Waals surface area contributed by atoms with E-state index in [-0.39, 0.29) is 6.61 Å². The number of nitrogens with two attached hydrogens (primary N) is 1. The van der Waals surface area contributed by atoms with Crippen molar-refractivity contribution in [3.63, 3.8) is 0 Å². The summed E-state index contributed by atoms with van der Waals surface area (Å²) in [5, 5.41) is 37.0. The Balaban J connectivity index is 2.10. The van der Waals surface area contributed by atoms with Crippen LogP contribution in [-0.2, 0) is 0 Å². The third kappa shape index (κ3) is 1.70. The van der Waals surface area contributed by atoms with Crippen LogP contribution in [0.5, 0.6) is 0 Å². The molecule has 4 atom stereocenters. The summed E-state index contributed by atoms with van der Waals surface area (Å²) in [5.41, 5.74) is 5.49. The average Bonchev–Trinajstić information content (AvgIpc) is 2.92. The molecule has 8 nitrogen and oxygen atoms in total. The van der Waals surface area contributed by atoms with Gasteiger partial charge in [-0.3, -0.25) is 5.32 Å². The molecule has 6 N–H and O–H groups in total. The fraction of sp³-hybridized carbons (Fsp3) is 0.500. The lowest BCUT2D eigenvalue weighted by Gasteiger charge is -2.27. The van der Waals surface area contributed by atoms with Gasteiger partial charge < -0.3 is 21.1 Å². The fourth-order valence-corrected chi connectivity index (χ4v) is 2.74. The van der Waals surface area contributed by atoms with E-state index in [2.05, 4.69) is 15.4 Å². The summed E-state index contributed by atoms with van der Waals surface area (Å²) < 4.78 is 1.46. The zero-order chi connectivity index (χ0) is 14.5. The van der Waals surface area contributed by atoms with Crippen molar-refractivity contribution in [3.05, 3.63) is 24.0 Å². The maximum absolute atomic E-state index is 10.5. The molecule has 2 aromatic rings. The van der Waals surface area contributed by atoms with Crippen molar-refractivity contribution in [2.24, 2.45) is 0 Å². The maximum atomic E-state index is 10.5. The lowest BCUT2D eigenvalue weighted by molar-refractivity contribution is -0.0575. The van der Waals surface area contributed by atoms with Crippen molar-refractivity contribution in [2.75, 3.05) is 12.3 Å². The smallest absolute Gasteiger partial charge is 0.162 e. The number of aliphatic hydroxyl groups is 3. The molecule has 0 aliphatic carbocycles. The van der Waals surface area contributed by atoms with E-state index in [1.807, 2.05) is 0 Å². The van der Waals surface area contributed by atoms with Gasteiger partial charge in [-0.25, -0.2) is 4.98 Å². The highest BCUT2D eigenvalue weighted by atomic mass is 16.3. The van der Waals surface area contributed by atoms with Crippen LogP contribution in [0.1, 0.15) is 18.5 Å². The number of nitrogen functional groups attached to an aromatic ring is 1. The van der Waals surface area contributed by atoms with E-state index in [4.69, 9.17) is 5.73 Å². The van der Waals surface area contributed by atoms with Crippen molar-refractivity contribution >= 4 is 11.5 Å². The molecule has 0 saturated carbocycles. The van der Waals surface area contributed by atoms with Crippen LogP contribution < -0.4 is 11.1 Å². The summed E-state index contributed by atoms with van der Waals surface area (Å²) in [7, 11) is 0. The maximum Gasteiger partial charge on any atom is 0.162 e. The van der Waals surface area contributed by atoms with E-state index in [1.165, 1.54) is 11.4 Å². The molecule has 1 aliphatic heterocycles. The molecule has 1 aliphatic rings. The molecule has 1 saturated heterocycles.